The van der Waals surface area contributed by atoms with Crippen LogP contribution in [0, 0.1) is 11.8 Å². The predicted octanol–water partition coefficient (Wildman–Crippen LogP) is 4.24. The molecule has 2 saturated heterocycles. The molecule has 186 valence electrons. The van der Waals surface area contributed by atoms with E-state index >= 15 is 0 Å². The van der Waals surface area contributed by atoms with Crippen LogP contribution in [0.1, 0.15) is 51.4 Å². The first-order chi connectivity index (χ1) is 15.8. The Morgan fingerprint density at radius 2 is 1.12 bits per heavy atom. The van der Waals surface area contributed by atoms with Gasteiger partial charge in [-0.2, -0.15) is 0 Å². The molecule has 0 aromatic rings. The Balaban J connectivity index is 1.18. The van der Waals surface area contributed by atoms with E-state index in [1.807, 2.05) is 0 Å². The first-order valence-corrected chi connectivity index (χ1v) is 15.3. The zero-order chi connectivity index (χ0) is 22.2. The molecule has 4 aliphatic rings. The van der Waals surface area contributed by atoms with Crippen LogP contribution < -0.4 is 0 Å². The summed E-state index contributed by atoms with van der Waals surface area (Å²) in [5, 5.41) is 0. The normalized spacial score (nSPS) is 41.4. The Bertz CT molecular complexity index is 491. The van der Waals surface area contributed by atoms with E-state index in [1.165, 1.54) is 50.8 Å². The summed E-state index contributed by atoms with van der Waals surface area (Å²) in [4.78, 5) is 0. The zero-order valence-electron chi connectivity index (χ0n) is 20.0. The fraction of sp³-hybridized carbons (Fsp3) is 1.00. The van der Waals surface area contributed by atoms with Crippen LogP contribution in [0.15, 0.2) is 0 Å². The highest BCUT2D eigenvalue weighted by molar-refractivity contribution is 7.43. The van der Waals surface area contributed by atoms with Crippen molar-refractivity contribution in [2.45, 2.75) is 87.5 Å². The first-order valence-electron chi connectivity index (χ1n) is 12.8. The average Bonchev–Trinajstić information content (AvgIpc) is 3.47. The van der Waals surface area contributed by atoms with Gasteiger partial charge in [0.2, 0.25) is 0 Å². The van der Waals surface area contributed by atoms with Crippen molar-refractivity contribution in [3.63, 3.8) is 0 Å². The number of methoxy groups -OCH3 is 2. The maximum Gasteiger partial charge on any atom is 0.161 e. The van der Waals surface area contributed by atoms with E-state index in [4.69, 9.17) is 28.4 Å². The lowest BCUT2D eigenvalue weighted by atomic mass is 10.1. The molecule has 0 radical (unpaired) electrons. The van der Waals surface area contributed by atoms with E-state index in [0.29, 0.717) is 25.0 Å². The van der Waals surface area contributed by atoms with Crippen molar-refractivity contribution in [2.24, 2.45) is 11.8 Å². The highest BCUT2D eigenvalue weighted by Gasteiger charge is 2.39. The second kappa shape index (κ2) is 13.6. The van der Waals surface area contributed by atoms with Gasteiger partial charge in [-0.05, 0) is 62.2 Å². The highest BCUT2D eigenvalue weighted by atomic mass is 31.1. The molecule has 4 rings (SSSR count). The molecule has 8 unspecified atom stereocenters. The summed E-state index contributed by atoms with van der Waals surface area (Å²) < 4.78 is 35.3. The number of ether oxygens (including phenoxy) is 6. The van der Waals surface area contributed by atoms with E-state index in [0.717, 1.165) is 54.5 Å². The van der Waals surface area contributed by atoms with E-state index in [1.54, 1.807) is 14.2 Å². The van der Waals surface area contributed by atoms with Gasteiger partial charge in [0, 0.05) is 26.1 Å². The molecule has 8 heteroatoms. The molecule has 10 atom stereocenters. The molecule has 2 saturated carbocycles. The van der Waals surface area contributed by atoms with Gasteiger partial charge in [0.05, 0.1) is 38.6 Å². The molecule has 6 nitrogen and oxygen atoms in total. The van der Waals surface area contributed by atoms with Crippen LogP contribution in [-0.4, -0.2) is 89.1 Å². The van der Waals surface area contributed by atoms with Crippen molar-refractivity contribution in [3.05, 3.63) is 0 Å². The third kappa shape index (κ3) is 7.08. The number of rotatable bonds is 11. The largest absolute Gasteiger partial charge is 0.382 e. The van der Waals surface area contributed by atoms with Crippen LogP contribution in [0.5, 0.6) is 0 Å². The van der Waals surface area contributed by atoms with Gasteiger partial charge in [-0.25, -0.2) is 0 Å². The van der Waals surface area contributed by atoms with Gasteiger partial charge in [-0.3, -0.25) is 0 Å². The van der Waals surface area contributed by atoms with Crippen molar-refractivity contribution in [3.8, 4) is 0 Å². The van der Waals surface area contributed by atoms with Gasteiger partial charge >= 0.3 is 0 Å². The lowest BCUT2D eigenvalue weighted by Crippen LogP contribution is -2.41. The summed E-state index contributed by atoms with van der Waals surface area (Å²) in [6, 6.07) is 0. The standard InChI is InChI=1S/C24H44O6P2/c1-25-15-17-9-11-27-23(29-17)19-5-3-7-21(19)31-13-14-32-22-8-4-6-20(22)24-28-12-10-18(30-24)16-26-2/h17-24,31-32H,3-16H2,1-2H3/t17-,18-,19?,20?,21?,22?,23?,24?/m0/s1. The van der Waals surface area contributed by atoms with E-state index < -0.39 is 0 Å². The smallest absolute Gasteiger partial charge is 0.161 e. The molecule has 4 fully saturated rings. The van der Waals surface area contributed by atoms with Crippen LogP contribution in [0.2, 0.25) is 0 Å². The van der Waals surface area contributed by atoms with Crippen LogP contribution in [0.25, 0.3) is 0 Å². The second-order valence-electron chi connectivity index (χ2n) is 9.79. The molecule has 2 heterocycles. The van der Waals surface area contributed by atoms with Gasteiger partial charge in [0.1, 0.15) is 0 Å². The Hall–Kier alpha value is 0.620. The topological polar surface area (TPSA) is 55.4 Å². The quantitative estimate of drug-likeness (QED) is 0.319. The predicted molar refractivity (Wildman–Crippen MR) is 131 cm³/mol. The molecule has 0 amide bonds. The summed E-state index contributed by atoms with van der Waals surface area (Å²) >= 11 is 0. The van der Waals surface area contributed by atoms with Gasteiger partial charge in [0.15, 0.2) is 12.6 Å². The summed E-state index contributed by atoms with van der Waals surface area (Å²) in [5.41, 5.74) is 1.57. The SMILES string of the molecule is COC[C@@H]1CCOC(C2CCCC2PCCPC2CCCC2C2OCC[C@@H](COC)O2)O1. The van der Waals surface area contributed by atoms with Crippen molar-refractivity contribution < 1.29 is 28.4 Å². The Morgan fingerprint density at radius 3 is 1.56 bits per heavy atom. The molecule has 0 aromatic heterocycles. The van der Waals surface area contributed by atoms with Crippen molar-refractivity contribution in [2.75, 3.05) is 53.0 Å². The third-order valence-electron chi connectivity index (χ3n) is 7.58. The van der Waals surface area contributed by atoms with Gasteiger partial charge in [-0.1, -0.05) is 12.8 Å². The highest BCUT2D eigenvalue weighted by Crippen LogP contribution is 2.46. The fourth-order valence-corrected chi connectivity index (χ4v) is 9.91. The van der Waals surface area contributed by atoms with Gasteiger partial charge in [0.25, 0.3) is 0 Å². The third-order valence-corrected chi connectivity index (χ3v) is 11.6. The second-order valence-corrected chi connectivity index (χ2v) is 13.1. The van der Waals surface area contributed by atoms with E-state index in [-0.39, 0.29) is 24.8 Å². The van der Waals surface area contributed by atoms with Crippen LogP contribution >= 0.6 is 17.2 Å². The summed E-state index contributed by atoms with van der Waals surface area (Å²) in [7, 11) is 5.59. The lowest BCUT2D eigenvalue weighted by molar-refractivity contribution is -0.241. The Labute approximate surface area is 198 Å². The summed E-state index contributed by atoms with van der Waals surface area (Å²) in [6.45, 7) is 2.99. The minimum absolute atomic E-state index is 0.00814. The van der Waals surface area contributed by atoms with Crippen molar-refractivity contribution in [1.82, 2.24) is 0 Å². The van der Waals surface area contributed by atoms with E-state index in [2.05, 4.69) is 0 Å². The molecule has 0 bridgehead atoms. The average molecular weight is 491 g/mol. The Kier molecular flexibility index (Phi) is 11.0. The zero-order valence-corrected chi connectivity index (χ0v) is 22.0. The number of hydrogen-bond donors (Lipinski definition) is 0. The molecular formula is C24H44O6P2. The Morgan fingerprint density at radius 1 is 0.656 bits per heavy atom. The molecule has 2 aliphatic carbocycles. The maximum atomic E-state index is 6.26. The molecule has 2 aliphatic heterocycles. The van der Waals surface area contributed by atoms with Crippen LogP contribution in [0.3, 0.4) is 0 Å². The summed E-state index contributed by atoms with van der Waals surface area (Å²) in [5.74, 6) is 1.16. The van der Waals surface area contributed by atoms with Crippen LogP contribution in [-0.2, 0) is 28.4 Å². The first kappa shape index (κ1) is 25.7. The minimum atomic E-state index is -0.00814. The molecule has 32 heavy (non-hydrogen) atoms. The number of hydrogen-bond acceptors (Lipinski definition) is 6. The lowest BCUT2D eigenvalue weighted by Gasteiger charge is -2.36. The van der Waals surface area contributed by atoms with Crippen molar-refractivity contribution in [1.29, 1.82) is 0 Å². The van der Waals surface area contributed by atoms with E-state index in [9.17, 15) is 0 Å². The van der Waals surface area contributed by atoms with Crippen LogP contribution in [0.4, 0.5) is 0 Å². The fourth-order valence-electron chi connectivity index (χ4n) is 5.94. The van der Waals surface area contributed by atoms with Gasteiger partial charge < -0.3 is 28.4 Å². The minimum Gasteiger partial charge on any atom is -0.382 e. The molecule has 0 spiro atoms. The van der Waals surface area contributed by atoms with Crippen molar-refractivity contribution >= 4 is 17.2 Å². The molecule has 0 N–H and O–H groups in total. The maximum absolute atomic E-state index is 6.26. The monoisotopic (exact) mass is 490 g/mol. The van der Waals surface area contributed by atoms with Gasteiger partial charge in [-0.15, -0.1) is 17.2 Å². The summed E-state index contributed by atoms with van der Waals surface area (Å²) in [6.07, 6.45) is 12.9. The molecular weight excluding hydrogens is 446 g/mol. The molecule has 0 aromatic carbocycles.